The number of benzene rings is 1. The lowest BCUT2D eigenvalue weighted by Crippen LogP contribution is -2.35. The first-order valence-corrected chi connectivity index (χ1v) is 10.3. The number of ether oxygens (including phenoxy) is 2. The van der Waals surface area contributed by atoms with Gasteiger partial charge in [0.05, 0.1) is 26.5 Å². The largest absolute Gasteiger partial charge is 0.495 e. The van der Waals surface area contributed by atoms with Gasteiger partial charge in [0.2, 0.25) is 5.91 Å². The Labute approximate surface area is 168 Å². The highest BCUT2D eigenvalue weighted by Crippen LogP contribution is 2.41. The van der Waals surface area contributed by atoms with E-state index < -0.39 is 0 Å². The normalized spacial score (nSPS) is 14.4. The van der Waals surface area contributed by atoms with Gasteiger partial charge in [0.1, 0.15) is 21.7 Å². The lowest BCUT2D eigenvalue weighted by Gasteiger charge is -2.22. The molecule has 0 unspecified atom stereocenters. The van der Waals surface area contributed by atoms with Gasteiger partial charge in [-0.1, -0.05) is 30.2 Å². The molecule has 0 N–H and O–H groups in total. The minimum atomic E-state index is 0.0551. The molecule has 1 fully saturated rings. The molecule has 6 nitrogen and oxygen atoms in total. The van der Waals surface area contributed by atoms with E-state index in [0.29, 0.717) is 22.9 Å². The van der Waals surface area contributed by atoms with Crippen LogP contribution >= 0.6 is 11.3 Å². The Morgan fingerprint density at radius 3 is 2.57 bits per heavy atom. The van der Waals surface area contributed by atoms with Crippen molar-refractivity contribution in [3.63, 3.8) is 0 Å². The number of methoxy groups -OCH3 is 2. The summed E-state index contributed by atoms with van der Waals surface area (Å²) in [5, 5.41) is 0.653. The highest BCUT2D eigenvalue weighted by atomic mass is 32.1. The van der Waals surface area contributed by atoms with Gasteiger partial charge in [-0.25, -0.2) is 4.98 Å². The summed E-state index contributed by atoms with van der Waals surface area (Å²) in [6.45, 7) is 0.403. The molecule has 146 valence electrons. The second kappa shape index (κ2) is 8.14. The first-order valence-electron chi connectivity index (χ1n) is 9.44. The van der Waals surface area contributed by atoms with Gasteiger partial charge in [-0.15, -0.1) is 0 Å². The molecule has 0 atom stereocenters. The van der Waals surface area contributed by atoms with Crippen LogP contribution in [0.3, 0.4) is 0 Å². The summed E-state index contributed by atoms with van der Waals surface area (Å²) >= 11 is 1.45. The topological polar surface area (TPSA) is 64.6 Å². The van der Waals surface area contributed by atoms with Crippen LogP contribution in [0.5, 0.6) is 11.5 Å². The molecule has 0 saturated heterocycles. The molecule has 0 radical (unpaired) electrons. The standard InChI is InChI=1S/C21H23N3O3S/c1-26-16-10-11-17(27-2)19-18(16)23-21(28-19)24(13-15-9-5-6-12-22-15)20(25)14-7-3-4-8-14/h5-6,9-12,14H,3-4,7-8,13H2,1-2H3. The minimum Gasteiger partial charge on any atom is -0.495 e. The van der Waals surface area contributed by atoms with E-state index in [-0.39, 0.29) is 11.8 Å². The van der Waals surface area contributed by atoms with Gasteiger partial charge in [-0.05, 0) is 37.1 Å². The molecule has 1 aromatic carbocycles. The van der Waals surface area contributed by atoms with Crippen molar-refractivity contribution in [2.75, 3.05) is 19.1 Å². The first kappa shape index (κ1) is 18.7. The average Bonchev–Trinajstić information content (AvgIpc) is 3.41. The van der Waals surface area contributed by atoms with Crippen molar-refractivity contribution in [3.05, 3.63) is 42.2 Å². The third kappa shape index (κ3) is 3.54. The number of carbonyl (C=O) groups excluding carboxylic acids is 1. The van der Waals surface area contributed by atoms with E-state index in [9.17, 15) is 4.79 Å². The number of anilines is 1. The van der Waals surface area contributed by atoms with E-state index in [1.54, 1.807) is 25.3 Å². The Kier molecular flexibility index (Phi) is 5.43. The van der Waals surface area contributed by atoms with Crippen LogP contribution in [0.2, 0.25) is 0 Å². The van der Waals surface area contributed by atoms with Gasteiger partial charge >= 0.3 is 0 Å². The van der Waals surface area contributed by atoms with Gasteiger partial charge in [0.15, 0.2) is 5.13 Å². The molecular weight excluding hydrogens is 374 g/mol. The predicted molar refractivity (Wildman–Crippen MR) is 110 cm³/mol. The SMILES string of the molecule is COc1ccc(OC)c2sc(N(Cc3ccccn3)C(=O)C3CCCC3)nc12. The summed E-state index contributed by atoms with van der Waals surface area (Å²) in [5.41, 5.74) is 1.55. The van der Waals surface area contributed by atoms with Crippen LogP contribution in [0.15, 0.2) is 36.5 Å². The quantitative estimate of drug-likeness (QED) is 0.616. The van der Waals surface area contributed by atoms with E-state index in [2.05, 4.69) is 4.98 Å². The number of hydrogen-bond acceptors (Lipinski definition) is 6. The lowest BCUT2D eigenvalue weighted by molar-refractivity contribution is -0.122. The molecule has 28 heavy (non-hydrogen) atoms. The summed E-state index contributed by atoms with van der Waals surface area (Å²) in [4.78, 5) is 24.3. The number of amides is 1. The van der Waals surface area contributed by atoms with Crippen LogP contribution < -0.4 is 14.4 Å². The zero-order valence-electron chi connectivity index (χ0n) is 16.1. The first-order chi connectivity index (χ1) is 13.7. The molecule has 4 rings (SSSR count). The molecular formula is C21H23N3O3S. The maximum absolute atomic E-state index is 13.3. The van der Waals surface area contributed by atoms with Crippen molar-refractivity contribution in [1.29, 1.82) is 0 Å². The van der Waals surface area contributed by atoms with Crippen LogP contribution in [0.4, 0.5) is 5.13 Å². The summed E-state index contributed by atoms with van der Waals surface area (Å²) in [7, 11) is 3.26. The molecule has 2 aromatic heterocycles. The van der Waals surface area contributed by atoms with Gasteiger partial charge in [0, 0.05) is 12.1 Å². The fraction of sp³-hybridized carbons (Fsp3) is 0.381. The van der Waals surface area contributed by atoms with Crippen molar-refractivity contribution in [3.8, 4) is 11.5 Å². The number of aromatic nitrogens is 2. The second-order valence-electron chi connectivity index (χ2n) is 6.87. The molecule has 1 aliphatic carbocycles. The van der Waals surface area contributed by atoms with Crippen molar-refractivity contribution in [2.24, 2.45) is 5.92 Å². The third-order valence-electron chi connectivity index (χ3n) is 5.15. The number of carbonyl (C=O) groups is 1. The predicted octanol–water partition coefficient (Wildman–Crippen LogP) is 4.43. The van der Waals surface area contributed by atoms with Crippen molar-refractivity contribution in [1.82, 2.24) is 9.97 Å². The van der Waals surface area contributed by atoms with Crippen LogP contribution in [0.25, 0.3) is 10.2 Å². The molecule has 2 heterocycles. The zero-order chi connectivity index (χ0) is 19.5. The van der Waals surface area contributed by atoms with Gasteiger partial charge in [-0.2, -0.15) is 0 Å². The number of pyridine rings is 1. The smallest absolute Gasteiger partial charge is 0.232 e. The summed E-state index contributed by atoms with van der Waals surface area (Å²) < 4.78 is 11.8. The molecule has 0 spiro atoms. The van der Waals surface area contributed by atoms with Crippen molar-refractivity contribution in [2.45, 2.75) is 32.2 Å². The second-order valence-corrected chi connectivity index (χ2v) is 7.85. The summed E-state index contributed by atoms with van der Waals surface area (Å²) in [6.07, 6.45) is 5.84. The maximum atomic E-state index is 13.3. The zero-order valence-corrected chi connectivity index (χ0v) is 16.9. The Bertz CT molecular complexity index is 927. The highest BCUT2D eigenvalue weighted by Gasteiger charge is 2.30. The molecule has 1 amide bonds. The lowest BCUT2D eigenvalue weighted by atomic mass is 10.1. The molecule has 3 aromatic rings. The highest BCUT2D eigenvalue weighted by molar-refractivity contribution is 7.22. The van der Waals surface area contributed by atoms with Gasteiger partial charge in [-0.3, -0.25) is 14.7 Å². The van der Waals surface area contributed by atoms with Gasteiger partial charge in [0.25, 0.3) is 0 Å². The van der Waals surface area contributed by atoms with Crippen LogP contribution in [-0.4, -0.2) is 30.1 Å². The van der Waals surface area contributed by atoms with Crippen molar-refractivity contribution < 1.29 is 14.3 Å². The maximum Gasteiger partial charge on any atom is 0.232 e. The van der Waals surface area contributed by atoms with E-state index in [0.717, 1.165) is 41.8 Å². The van der Waals surface area contributed by atoms with Gasteiger partial charge < -0.3 is 9.47 Å². The molecule has 0 bridgehead atoms. The van der Waals surface area contributed by atoms with Crippen LogP contribution in [-0.2, 0) is 11.3 Å². The van der Waals surface area contributed by atoms with E-state index in [4.69, 9.17) is 14.5 Å². The molecule has 7 heteroatoms. The minimum absolute atomic E-state index is 0.0551. The molecule has 1 saturated carbocycles. The van der Waals surface area contributed by atoms with E-state index >= 15 is 0 Å². The summed E-state index contributed by atoms with van der Waals surface area (Å²) in [6, 6.07) is 9.45. The number of hydrogen-bond donors (Lipinski definition) is 0. The Balaban J connectivity index is 1.78. The Morgan fingerprint density at radius 2 is 1.89 bits per heavy atom. The van der Waals surface area contributed by atoms with Crippen LogP contribution in [0.1, 0.15) is 31.4 Å². The van der Waals surface area contributed by atoms with E-state index in [1.807, 2.05) is 30.3 Å². The molecule has 0 aliphatic heterocycles. The van der Waals surface area contributed by atoms with Crippen LogP contribution in [0, 0.1) is 5.92 Å². The number of nitrogens with zero attached hydrogens (tertiary/aromatic N) is 3. The average molecular weight is 398 g/mol. The number of rotatable bonds is 6. The fourth-order valence-corrected chi connectivity index (χ4v) is 4.76. The van der Waals surface area contributed by atoms with E-state index in [1.165, 1.54) is 11.3 Å². The Hall–Kier alpha value is -2.67. The summed E-state index contributed by atoms with van der Waals surface area (Å²) in [5.74, 6) is 1.58. The number of fused-ring (bicyclic) bond motifs is 1. The number of thiazole rings is 1. The Morgan fingerprint density at radius 1 is 1.14 bits per heavy atom. The third-order valence-corrected chi connectivity index (χ3v) is 6.24. The molecule has 1 aliphatic rings. The fourth-order valence-electron chi connectivity index (χ4n) is 3.68. The monoisotopic (exact) mass is 397 g/mol. The van der Waals surface area contributed by atoms with Crippen molar-refractivity contribution >= 4 is 32.6 Å².